The van der Waals surface area contributed by atoms with Crippen molar-refractivity contribution >= 4 is 11.6 Å². The number of aryl methyl sites for hydroxylation is 1. The molecule has 0 unspecified atom stereocenters. The number of nitrogens with zero attached hydrogens (tertiary/aromatic N) is 1. The van der Waals surface area contributed by atoms with Crippen LogP contribution in [-0.4, -0.2) is 16.6 Å². The quantitative estimate of drug-likeness (QED) is 0.629. The predicted molar refractivity (Wildman–Crippen MR) is 71.6 cm³/mol. The molecule has 1 amide bonds. The van der Waals surface area contributed by atoms with Crippen molar-refractivity contribution in [1.82, 2.24) is 10.4 Å². The number of hydrogen-bond donors (Lipinski definition) is 2. The van der Waals surface area contributed by atoms with Crippen LogP contribution < -0.4 is 5.43 Å². The van der Waals surface area contributed by atoms with Crippen molar-refractivity contribution in [2.45, 2.75) is 13.8 Å². The summed E-state index contributed by atoms with van der Waals surface area (Å²) in [5.74, 6) is -0.244. The van der Waals surface area contributed by atoms with E-state index >= 15 is 0 Å². The highest BCUT2D eigenvalue weighted by Crippen LogP contribution is 2.04. The first-order chi connectivity index (χ1) is 8.66. The SMILES string of the molecule is C/C(=N/NC(=O)c1ccc[nH]1)c1ccc(C)cc1. The predicted octanol–water partition coefficient (Wildman–Crippen LogP) is 2.48. The summed E-state index contributed by atoms with van der Waals surface area (Å²) < 4.78 is 0. The van der Waals surface area contributed by atoms with Gasteiger partial charge in [-0.05, 0) is 31.5 Å². The minimum atomic E-state index is -0.244. The number of carbonyl (C=O) groups is 1. The van der Waals surface area contributed by atoms with Crippen molar-refractivity contribution in [2.24, 2.45) is 5.10 Å². The monoisotopic (exact) mass is 241 g/mol. The summed E-state index contributed by atoms with van der Waals surface area (Å²) in [4.78, 5) is 14.5. The average molecular weight is 241 g/mol. The van der Waals surface area contributed by atoms with Crippen LogP contribution in [0.5, 0.6) is 0 Å². The van der Waals surface area contributed by atoms with Gasteiger partial charge in [-0.3, -0.25) is 4.79 Å². The zero-order valence-electron chi connectivity index (χ0n) is 10.4. The molecule has 0 aliphatic heterocycles. The number of nitrogens with one attached hydrogen (secondary N) is 2. The fraction of sp³-hybridized carbons (Fsp3) is 0.143. The largest absolute Gasteiger partial charge is 0.357 e. The van der Waals surface area contributed by atoms with Gasteiger partial charge in [-0.2, -0.15) is 5.10 Å². The number of benzene rings is 1. The summed E-state index contributed by atoms with van der Waals surface area (Å²) in [6, 6.07) is 11.5. The van der Waals surface area contributed by atoms with Crippen LogP contribution in [0.3, 0.4) is 0 Å². The van der Waals surface area contributed by atoms with Gasteiger partial charge in [0, 0.05) is 6.20 Å². The molecular formula is C14H15N3O. The van der Waals surface area contributed by atoms with Crippen molar-refractivity contribution in [3.05, 3.63) is 59.4 Å². The maximum absolute atomic E-state index is 11.6. The van der Waals surface area contributed by atoms with E-state index in [1.165, 1.54) is 5.56 Å². The summed E-state index contributed by atoms with van der Waals surface area (Å²) in [5.41, 5.74) is 5.97. The fourth-order valence-electron chi connectivity index (χ4n) is 1.53. The van der Waals surface area contributed by atoms with Gasteiger partial charge in [-0.15, -0.1) is 0 Å². The number of amides is 1. The fourth-order valence-corrected chi connectivity index (χ4v) is 1.53. The molecule has 4 heteroatoms. The Morgan fingerprint density at radius 2 is 1.94 bits per heavy atom. The molecule has 0 saturated heterocycles. The van der Waals surface area contributed by atoms with Gasteiger partial charge in [0.25, 0.3) is 5.91 Å². The van der Waals surface area contributed by atoms with Crippen LogP contribution in [0.4, 0.5) is 0 Å². The summed E-state index contributed by atoms with van der Waals surface area (Å²) in [5, 5.41) is 4.08. The molecule has 0 atom stereocenters. The van der Waals surface area contributed by atoms with E-state index in [1.807, 2.05) is 38.1 Å². The van der Waals surface area contributed by atoms with E-state index in [0.717, 1.165) is 11.3 Å². The van der Waals surface area contributed by atoms with E-state index in [4.69, 9.17) is 0 Å². The molecule has 4 nitrogen and oxygen atoms in total. The van der Waals surface area contributed by atoms with Gasteiger partial charge >= 0.3 is 0 Å². The van der Waals surface area contributed by atoms with Gasteiger partial charge in [0.1, 0.15) is 5.69 Å². The maximum Gasteiger partial charge on any atom is 0.287 e. The number of rotatable bonds is 3. The number of hydrogen-bond acceptors (Lipinski definition) is 2. The van der Waals surface area contributed by atoms with E-state index in [-0.39, 0.29) is 5.91 Å². The molecule has 1 heterocycles. The first-order valence-corrected chi connectivity index (χ1v) is 5.72. The molecule has 0 spiro atoms. The summed E-state index contributed by atoms with van der Waals surface area (Å²) in [6.45, 7) is 3.89. The van der Waals surface area contributed by atoms with Crippen LogP contribution in [0.15, 0.2) is 47.7 Å². The van der Waals surface area contributed by atoms with Gasteiger partial charge in [-0.1, -0.05) is 29.8 Å². The van der Waals surface area contributed by atoms with Crippen molar-refractivity contribution < 1.29 is 4.79 Å². The number of aromatic nitrogens is 1. The maximum atomic E-state index is 11.6. The van der Waals surface area contributed by atoms with Gasteiger partial charge in [-0.25, -0.2) is 5.43 Å². The lowest BCUT2D eigenvalue weighted by Gasteiger charge is -2.02. The summed E-state index contributed by atoms with van der Waals surface area (Å²) in [6.07, 6.45) is 1.70. The van der Waals surface area contributed by atoms with Crippen molar-refractivity contribution in [3.63, 3.8) is 0 Å². The lowest BCUT2D eigenvalue weighted by atomic mass is 10.1. The third-order valence-electron chi connectivity index (χ3n) is 2.64. The van der Waals surface area contributed by atoms with Gasteiger partial charge in [0.15, 0.2) is 0 Å². The number of carbonyl (C=O) groups excluding carboxylic acids is 1. The molecule has 18 heavy (non-hydrogen) atoms. The molecule has 2 N–H and O–H groups in total. The third-order valence-corrected chi connectivity index (χ3v) is 2.64. The minimum absolute atomic E-state index is 0.244. The van der Waals surface area contributed by atoms with Crippen LogP contribution in [0.1, 0.15) is 28.5 Å². The number of hydrazone groups is 1. The second kappa shape index (κ2) is 5.31. The molecule has 92 valence electrons. The normalized spacial score (nSPS) is 11.3. The van der Waals surface area contributed by atoms with Crippen molar-refractivity contribution in [2.75, 3.05) is 0 Å². The van der Waals surface area contributed by atoms with Crippen LogP contribution in [0.25, 0.3) is 0 Å². The topological polar surface area (TPSA) is 57.2 Å². The highest BCUT2D eigenvalue weighted by atomic mass is 16.2. The minimum Gasteiger partial charge on any atom is -0.357 e. The Morgan fingerprint density at radius 3 is 2.56 bits per heavy atom. The average Bonchev–Trinajstić information content (AvgIpc) is 2.90. The second-order valence-electron chi connectivity index (χ2n) is 4.09. The highest BCUT2D eigenvalue weighted by Gasteiger charge is 2.04. The molecule has 1 aromatic carbocycles. The Balaban J connectivity index is 2.05. The number of H-pyrrole nitrogens is 1. The zero-order chi connectivity index (χ0) is 13.0. The molecule has 0 radical (unpaired) electrons. The Hall–Kier alpha value is -2.36. The third kappa shape index (κ3) is 2.85. The number of aromatic amines is 1. The molecule has 0 aliphatic carbocycles. The van der Waals surface area contributed by atoms with Gasteiger partial charge in [0.05, 0.1) is 5.71 Å². The molecular weight excluding hydrogens is 226 g/mol. The standard InChI is InChI=1S/C14H15N3O/c1-10-5-7-12(8-6-10)11(2)16-17-14(18)13-4-3-9-15-13/h3-9,15H,1-2H3,(H,17,18)/b16-11-. The Bertz CT molecular complexity index is 553. The van der Waals surface area contributed by atoms with Crippen LogP contribution in [-0.2, 0) is 0 Å². The van der Waals surface area contributed by atoms with Gasteiger partial charge in [0.2, 0.25) is 0 Å². The van der Waals surface area contributed by atoms with Crippen molar-refractivity contribution in [3.8, 4) is 0 Å². The summed E-state index contributed by atoms with van der Waals surface area (Å²) in [7, 11) is 0. The van der Waals surface area contributed by atoms with Crippen LogP contribution >= 0.6 is 0 Å². The molecule has 2 aromatic rings. The lowest BCUT2D eigenvalue weighted by Crippen LogP contribution is -2.19. The highest BCUT2D eigenvalue weighted by molar-refractivity contribution is 6.00. The van der Waals surface area contributed by atoms with E-state index in [0.29, 0.717) is 5.69 Å². The van der Waals surface area contributed by atoms with E-state index < -0.39 is 0 Å². The van der Waals surface area contributed by atoms with E-state index in [2.05, 4.69) is 15.5 Å². The zero-order valence-corrected chi connectivity index (χ0v) is 10.4. The van der Waals surface area contributed by atoms with E-state index in [1.54, 1.807) is 18.3 Å². The molecule has 1 aromatic heterocycles. The van der Waals surface area contributed by atoms with Gasteiger partial charge < -0.3 is 4.98 Å². The molecule has 0 aliphatic rings. The molecule has 2 rings (SSSR count). The molecule has 0 saturated carbocycles. The van der Waals surface area contributed by atoms with Crippen molar-refractivity contribution in [1.29, 1.82) is 0 Å². The second-order valence-corrected chi connectivity index (χ2v) is 4.09. The van der Waals surface area contributed by atoms with E-state index in [9.17, 15) is 4.79 Å². The Kier molecular flexibility index (Phi) is 3.57. The lowest BCUT2D eigenvalue weighted by molar-refractivity contribution is 0.0950. The Labute approximate surface area is 106 Å². The van der Waals surface area contributed by atoms with Crippen LogP contribution in [0.2, 0.25) is 0 Å². The smallest absolute Gasteiger partial charge is 0.287 e. The first kappa shape index (κ1) is 12.1. The molecule has 0 fully saturated rings. The molecule has 0 bridgehead atoms. The van der Waals surface area contributed by atoms with Crippen LogP contribution in [0, 0.1) is 6.92 Å². The Morgan fingerprint density at radius 1 is 1.22 bits per heavy atom. The summed E-state index contributed by atoms with van der Waals surface area (Å²) >= 11 is 0. The first-order valence-electron chi connectivity index (χ1n) is 5.72.